The zero-order chi connectivity index (χ0) is 27.4. The number of benzene rings is 3. The fraction of sp³-hybridized carbons (Fsp3) is 0.294. The van der Waals surface area contributed by atoms with Crippen LogP contribution >= 0.6 is 0 Å². The first-order valence-electron chi connectivity index (χ1n) is 14.1. The molecule has 202 valence electrons. The number of nitrogens with zero attached hydrogens (tertiary/aromatic N) is 2. The van der Waals surface area contributed by atoms with E-state index >= 15 is 0 Å². The largest absolute Gasteiger partial charge is 0.441 e. The molecule has 2 aromatic heterocycles. The van der Waals surface area contributed by atoms with E-state index in [1.165, 1.54) is 0 Å². The molecule has 0 saturated carbocycles. The molecule has 4 heterocycles. The zero-order valence-electron chi connectivity index (χ0n) is 23.2. The van der Waals surface area contributed by atoms with E-state index in [2.05, 4.69) is 47.1 Å². The second-order valence-corrected chi connectivity index (χ2v) is 11.1. The van der Waals surface area contributed by atoms with Gasteiger partial charge in [0, 0.05) is 27.7 Å². The Morgan fingerprint density at radius 3 is 2.52 bits per heavy atom. The van der Waals surface area contributed by atoms with E-state index in [1.54, 1.807) is 0 Å². The molecule has 40 heavy (non-hydrogen) atoms. The number of aryl methyl sites for hydroxylation is 2. The van der Waals surface area contributed by atoms with E-state index in [4.69, 9.17) is 14.1 Å². The Morgan fingerprint density at radius 2 is 1.70 bits per heavy atom. The molecular weight excluding hydrogens is 498 g/mol. The summed E-state index contributed by atoms with van der Waals surface area (Å²) in [4.78, 5) is 19.3. The first-order chi connectivity index (χ1) is 19.5. The van der Waals surface area contributed by atoms with Gasteiger partial charge in [0.1, 0.15) is 17.6 Å². The predicted octanol–water partition coefficient (Wildman–Crippen LogP) is 6.80. The summed E-state index contributed by atoms with van der Waals surface area (Å²) in [5, 5.41) is 4.38. The predicted molar refractivity (Wildman–Crippen MR) is 156 cm³/mol. The van der Waals surface area contributed by atoms with Gasteiger partial charge in [-0.3, -0.25) is 4.79 Å². The highest BCUT2D eigenvalue weighted by atomic mass is 16.5. The molecule has 1 saturated heterocycles. The number of aromatic nitrogens is 2. The maximum atomic E-state index is 14.4. The van der Waals surface area contributed by atoms with Gasteiger partial charge in [-0.05, 0) is 75.5 Å². The summed E-state index contributed by atoms with van der Waals surface area (Å²) >= 11 is 0. The van der Waals surface area contributed by atoms with E-state index in [1.807, 2.05) is 56.3 Å². The molecule has 3 aromatic carbocycles. The van der Waals surface area contributed by atoms with Crippen molar-refractivity contribution >= 4 is 16.7 Å². The lowest BCUT2D eigenvalue weighted by Crippen LogP contribution is -2.40. The summed E-state index contributed by atoms with van der Waals surface area (Å²) in [7, 11) is 0. The van der Waals surface area contributed by atoms with Crippen LogP contribution in [0.3, 0.4) is 0 Å². The van der Waals surface area contributed by atoms with Gasteiger partial charge < -0.3 is 19.0 Å². The van der Waals surface area contributed by atoms with Crippen molar-refractivity contribution in [2.45, 2.75) is 51.9 Å². The van der Waals surface area contributed by atoms with Crippen LogP contribution in [0.1, 0.15) is 63.1 Å². The summed E-state index contributed by atoms with van der Waals surface area (Å²) in [5.41, 5.74) is 7.38. The van der Waals surface area contributed by atoms with Crippen molar-refractivity contribution in [2.24, 2.45) is 0 Å². The molecule has 2 aliphatic rings. The molecule has 0 aliphatic carbocycles. The number of carbonyl (C=O) groups is 1. The highest BCUT2D eigenvalue weighted by Crippen LogP contribution is 2.50. The number of nitrogens with one attached hydrogen (secondary N) is 1. The number of para-hydroxylation sites is 1. The molecule has 1 fully saturated rings. The van der Waals surface area contributed by atoms with Gasteiger partial charge in [0.05, 0.1) is 12.1 Å². The van der Waals surface area contributed by atoms with Crippen LogP contribution in [0.25, 0.3) is 22.4 Å². The minimum absolute atomic E-state index is 0.0211. The molecule has 2 aliphatic heterocycles. The van der Waals surface area contributed by atoms with Crippen molar-refractivity contribution < 1.29 is 13.9 Å². The third kappa shape index (κ3) is 3.86. The van der Waals surface area contributed by atoms with Crippen molar-refractivity contribution in [1.29, 1.82) is 0 Å². The number of hydrogen-bond acceptors (Lipinski definition) is 5. The minimum Gasteiger partial charge on any atom is -0.441 e. The summed E-state index contributed by atoms with van der Waals surface area (Å²) in [6, 6.07) is 24.5. The van der Waals surface area contributed by atoms with Gasteiger partial charge in [0.25, 0.3) is 0 Å². The molecule has 6 nitrogen and oxygen atoms in total. The van der Waals surface area contributed by atoms with Crippen LogP contribution in [0, 0.1) is 20.8 Å². The number of carbonyl (C=O) groups excluding carboxylic acids is 1. The zero-order valence-corrected chi connectivity index (χ0v) is 23.2. The van der Waals surface area contributed by atoms with Gasteiger partial charge in [0.2, 0.25) is 5.89 Å². The third-order valence-corrected chi connectivity index (χ3v) is 8.78. The van der Waals surface area contributed by atoms with Gasteiger partial charge >= 0.3 is 0 Å². The quantitative estimate of drug-likeness (QED) is 0.253. The van der Waals surface area contributed by atoms with Crippen LogP contribution in [0.15, 0.2) is 77.2 Å². The molecule has 0 bridgehead atoms. The molecule has 5 aromatic rings. The lowest BCUT2D eigenvalue weighted by atomic mass is 9.83. The van der Waals surface area contributed by atoms with Gasteiger partial charge in [0.15, 0.2) is 5.78 Å². The van der Waals surface area contributed by atoms with Crippen molar-refractivity contribution in [3.63, 3.8) is 0 Å². The average molecular weight is 532 g/mol. The highest BCUT2D eigenvalue weighted by molar-refractivity contribution is 6.12. The standard InChI is InChI=1S/C34H33N3O3/c1-21-10-4-5-11-24(21)33-36-28(23(3)39-33)20-37-22(2)30(26-13-7-9-15-29(26)37)31(38)32-25-12-6-8-14-27(25)34(40-32)16-18-35-19-17-34/h4-15,32,35H,16-20H2,1-3H3/t32-/m1/s1. The normalized spacial score (nSPS) is 17.9. The first-order valence-corrected chi connectivity index (χ1v) is 14.1. The molecule has 0 radical (unpaired) electrons. The Kier molecular flexibility index (Phi) is 5.99. The van der Waals surface area contributed by atoms with Gasteiger partial charge in [-0.25, -0.2) is 4.98 Å². The monoisotopic (exact) mass is 531 g/mol. The summed E-state index contributed by atoms with van der Waals surface area (Å²) < 4.78 is 15.1. The Labute approximate surface area is 234 Å². The van der Waals surface area contributed by atoms with Crippen molar-refractivity contribution in [3.05, 3.63) is 112 Å². The summed E-state index contributed by atoms with van der Waals surface area (Å²) in [6.45, 7) is 8.33. The SMILES string of the molecule is Cc1ccccc1-c1nc(Cn2c(C)c(C(=O)[C@@H]3OC4(CCNCC4)c4ccccc43)c3ccccc32)c(C)o1. The van der Waals surface area contributed by atoms with E-state index in [-0.39, 0.29) is 5.78 Å². The van der Waals surface area contributed by atoms with Gasteiger partial charge in [-0.2, -0.15) is 0 Å². The minimum atomic E-state index is -0.617. The second kappa shape index (κ2) is 9.58. The maximum Gasteiger partial charge on any atom is 0.226 e. The van der Waals surface area contributed by atoms with E-state index in [9.17, 15) is 4.79 Å². The first kappa shape index (κ1) is 25.0. The lowest BCUT2D eigenvalue weighted by molar-refractivity contribution is -0.0806. The van der Waals surface area contributed by atoms with Crippen LogP contribution in [0.2, 0.25) is 0 Å². The number of Topliss-reactive ketones (excluding diaryl/α,β-unsaturated/α-hetero) is 1. The molecular formula is C34H33N3O3. The number of ketones is 1. The van der Waals surface area contributed by atoms with Crippen LogP contribution in [-0.2, 0) is 16.9 Å². The second-order valence-electron chi connectivity index (χ2n) is 11.1. The molecule has 0 amide bonds. The molecule has 1 atom stereocenters. The van der Waals surface area contributed by atoms with Crippen LogP contribution < -0.4 is 5.32 Å². The maximum absolute atomic E-state index is 14.4. The van der Waals surface area contributed by atoms with Crippen LogP contribution in [0.5, 0.6) is 0 Å². The third-order valence-electron chi connectivity index (χ3n) is 8.78. The summed E-state index contributed by atoms with van der Waals surface area (Å²) in [5.74, 6) is 1.43. The molecule has 1 N–H and O–H groups in total. The number of ether oxygens (including phenoxy) is 1. The average Bonchev–Trinajstić information content (AvgIpc) is 3.59. The number of hydrogen-bond donors (Lipinski definition) is 1. The van der Waals surface area contributed by atoms with E-state index in [0.717, 1.165) is 81.8 Å². The van der Waals surface area contributed by atoms with Crippen LogP contribution in [-0.4, -0.2) is 28.4 Å². The number of rotatable bonds is 5. The number of fused-ring (bicyclic) bond motifs is 3. The Balaban J connectivity index is 1.29. The molecule has 7 rings (SSSR count). The topological polar surface area (TPSA) is 69.3 Å². The van der Waals surface area contributed by atoms with Crippen molar-refractivity contribution in [3.8, 4) is 11.5 Å². The summed E-state index contributed by atoms with van der Waals surface area (Å²) in [6.07, 6.45) is 1.11. The molecule has 6 heteroatoms. The molecule has 0 unspecified atom stereocenters. The lowest BCUT2D eigenvalue weighted by Gasteiger charge is -2.34. The Hall–Kier alpha value is -4.00. The van der Waals surface area contributed by atoms with Crippen LogP contribution in [0.4, 0.5) is 0 Å². The Bertz CT molecular complexity index is 1760. The number of oxazole rings is 1. The fourth-order valence-corrected chi connectivity index (χ4v) is 6.64. The van der Waals surface area contributed by atoms with Gasteiger partial charge in [-0.1, -0.05) is 60.7 Å². The van der Waals surface area contributed by atoms with Gasteiger partial charge in [-0.15, -0.1) is 0 Å². The Morgan fingerprint density at radius 1 is 0.975 bits per heavy atom. The van der Waals surface area contributed by atoms with E-state index in [0.29, 0.717) is 12.4 Å². The van der Waals surface area contributed by atoms with E-state index < -0.39 is 11.7 Å². The van der Waals surface area contributed by atoms with Crippen molar-refractivity contribution in [2.75, 3.05) is 13.1 Å². The highest BCUT2D eigenvalue weighted by Gasteiger charge is 2.48. The van der Waals surface area contributed by atoms with Crippen molar-refractivity contribution in [1.82, 2.24) is 14.9 Å². The smallest absolute Gasteiger partial charge is 0.226 e. The fourth-order valence-electron chi connectivity index (χ4n) is 6.64. The number of piperidine rings is 1. The molecule has 1 spiro atoms.